The van der Waals surface area contributed by atoms with Gasteiger partial charge in [-0.25, -0.2) is 4.99 Å². The first-order chi connectivity index (χ1) is 10.4. The van der Waals surface area contributed by atoms with Gasteiger partial charge in [0, 0.05) is 13.7 Å². The van der Waals surface area contributed by atoms with E-state index in [4.69, 9.17) is 20.9 Å². The molecule has 2 saturated heterocycles. The molecule has 2 fully saturated rings. The number of hydrogen-bond acceptors (Lipinski definition) is 10. The van der Waals surface area contributed by atoms with Crippen LogP contribution in [-0.4, -0.2) is 83.9 Å². The van der Waals surface area contributed by atoms with Crippen molar-refractivity contribution in [3.63, 3.8) is 0 Å². The van der Waals surface area contributed by atoms with Crippen molar-refractivity contribution in [1.29, 1.82) is 0 Å². The molecule has 0 aromatic rings. The molecule has 0 radical (unpaired) electrons. The third kappa shape index (κ3) is 1.89. The highest BCUT2D eigenvalue weighted by atomic mass is 16.6. The number of nitrogens with two attached hydrogens (primary N) is 2. The number of nitrogens with one attached hydrogen (secondary N) is 2. The Hall–Kier alpha value is -1.01. The number of ether oxygens (including phenoxy) is 2. The summed E-state index contributed by atoms with van der Waals surface area (Å²) in [5, 5.41) is 27.8. The van der Waals surface area contributed by atoms with Gasteiger partial charge in [-0.3, -0.25) is 10.6 Å². The second-order valence-electron chi connectivity index (χ2n) is 5.82. The maximum Gasteiger partial charge on any atom is 0.231 e. The van der Waals surface area contributed by atoms with E-state index in [0.717, 1.165) is 0 Å². The number of aliphatic imine (C=N–C) groups is 1. The van der Waals surface area contributed by atoms with Crippen LogP contribution in [0.2, 0.25) is 0 Å². The largest absolute Gasteiger partial charge is 0.382 e. The minimum Gasteiger partial charge on any atom is -0.382 e. The van der Waals surface area contributed by atoms with E-state index in [1.165, 1.54) is 0 Å². The molecule has 1 spiro atoms. The minimum absolute atomic E-state index is 0.202. The molecule has 10 nitrogen and oxygen atoms in total. The van der Waals surface area contributed by atoms with Gasteiger partial charge in [-0.15, -0.1) is 0 Å². The Kier molecular flexibility index (Phi) is 3.80. The molecule has 0 aromatic heterocycles. The number of nitrogens with zero attached hydrogens (tertiary/aromatic N) is 2. The molecular weight excluding hydrogens is 292 g/mol. The summed E-state index contributed by atoms with van der Waals surface area (Å²) in [5.74, 6) is -1.99. The van der Waals surface area contributed by atoms with Crippen LogP contribution in [0.5, 0.6) is 0 Å². The summed E-state index contributed by atoms with van der Waals surface area (Å²) in [6, 6.07) is -0.892. The highest BCUT2D eigenvalue weighted by molar-refractivity contribution is 5.81. The van der Waals surface area contributed by atoms with E-state index in [2.05, 4.69) is 15.6 Å². The summed E-state index contributed by atoms with van der Waals surface area (Å²) in [6.45, 7) is 2.62. The van der Waals surface area contributed by atoms with Gasteiger partial charge in [0.1, 0.15) is 12.4 Å². The van der Waals surface area contributed by atoms with Crippen molar-refractivity contribution >= 4 is 5.96 Å². The van der Waals surface area contributed by atoms with Crippen LogP contribution >= 0.6 is 0 Å². The van der Waals surface area contributed by atoms with Crippen LogP contribution in [0.4, 0.5) is 0 Å². The Labute approximate surface area is 128 Å². The first-order valence-corrected chi connectivity index (χ1v) is 7.34. The molecular formula is C12H24N6O4. The van der Waals surface area contributed by atoms with Crippen LogP contribution in [0.3, 0.4) is 0 Å². The molecule has 3 unspecified atom stereocenters. The van der Waals surface area contributed by atoms with E-state index in [0.29, 0.717) is 6.61 Å². The van der Waals surface area contributed by atoms with Crippen LogP contribution in [0.1, 0.15) is 6.92 Å². The summed E-state index contributed by atoms with van der Waals surface area (Å²) >= 11 is 0. The number of hydrogen-bond donors (Lipinski definition) is 6. The van der Waals surface area contributed by atoms with Gasteiger partial charge in [0.05, 0.1) is 25.2 Å². The zero-order chi connectivity index (χ0) is 16.1. The van der Waals surface area contributed by atoms with Crippen LogP contribution in [0, 0.1) is 0 Å². The van der Waals surface area contributed by atoms with Crippen molar-refractivity contribution in [2.75, 3.05) is 26.9 Å². The summed E-state index contributed by atoms with van der Waals surface area (Å²) in [5.41, 5.74) is 10.7. The standard InChI is InChI=1S/C12H24N6O4/c1-3-22-7-4-18-10(14)15-6(5-21-2)8-11(18,12(7,19)20)17-9(13)16-8/h6-9,16-17,19-20H,3-5,13H2,1-2H3,(H2,14,15)/t6-,7-,8?,9?,11?/m0/s1. The zero-order valence-corrected chi connectivity index (χ0v) is 12.7. The zero-order valence-electron chi connectivity index (χ0n) is 12.7. The highest BCUT2D eigenvalue weighted by Gasteiger charge is 2.73. The van der Waals surface area contributed by atoms with E-state index in [1.54, 1.807) is 18.9 Å². The second kappa shape index (κ2) is 5.27. The van der Waals surface area contributed by atoms with E-state index in [-0.39, 0.29) is 19.1 Å². The summed E-state index contributed by atoms with van der Waals surface area (Å²) in [6.07, 6.45) is -1.47. The summed E-state index contributed by atoms with van der Waals surface area (Å²) in [4.78, 5) is 6.02. The lowest BCUT2D eigenvalue weighted by Crippen LogP contribution is -2.77. The van der Waals surface area contributed by atoms with Crippen molar-refractivity contribution in [3.05, 3.63) is 0 Å². The van der Waals surface area contributed by atoms with Crippen molar-refractivity contribution in [2.45, 2.75) is 42.9 Å². The molecule has 3 rings (SSSR count). The molecule has 0 aromatic carbocycles. The van der Waals surface area contributed by atoms with Gasteiger partial charge < -0.3 is 36.1 Å². The predicted octanol–water partition coefficient (Wildman–Crippen LogP) is -3.77. The lowest BCUT2D eigenvalue weighted by atomic mass is 9.86. The monoisotopic (exact) mass is 316 g/mol. The fraction of sp³-hybridized carbons (Fsp3) is 0.917. The van der Waals surface area contributed by atoms with Crippen LogP contribution < -0.4 is 22.1 Å². The maximum atomic E-state index is 10.8. The second-order valence-corrected chi connectivity index (χ2v) is 5.82. The molecule has 0 saturated carbocycles. The quantitative estimate of drug-likeness (QED) is 0.287. The first kappa shape index (κ1) is 15.9. The molecule has 0 aliphatic carbocycles. The van der Waals surface area contributed by atoms with Crippen molar-refractivity contribution in [2.24, 2.45) is 16.5 Å². The van der Waals surface area contributed by atoms with E-state index < -0.39 is 35.9 Å². The molecule has 3 heterocycles. The van der Waals surface area contributed by atoms with Gasteiger partial charge in [-0.2, -0.15) is 0 Å². The Morgan fingerprint density at radius 3 is 2.86 bits per heavy atom. The van der Waals surface area contributed by atoms with Gasteiger partial charge in [0.2, 0.25) is 5.79 Å². The van der Waals surface area contributed by atoms with Crippen LogP contribution in [0.15, 0.2) is 4.99 Å². The molecule has 0 amide bonds. The fourth-order valence-electron chi connectivity index (χ4n) is 3.80. The van der Waals surface area contributed by atoms with Gasteiger partial charge in [-0.05, 0) is 6.92 Å². The predicted molar refractivity (Wildman–Crippen MR) is 77.3 cm³/mol. The third-order valence-electron chi connectivity index (χ3n) is 4.63. The van der Waals surface area contributed by atoms with Gasteiger partial charge in [0.25, 0.3) is 0 Å². The topological polar surface area (TPSA) is 151 Å². The van der Waals surface area contributed by atoms with Gasteiger partial charge >= 0.3 is 0 Å². The number of methoxy groups -OCH3 is 1. The molecule has 0 bridgehead atoms. The molecule has 8 N–H and O–H groups in total. The molecule has 10 heteroatoms. The van der Waals surface area contributed by atoms with Crippen LogP contribution in [-0.2, 0) is 9.47 Å². The Balaban J connectivity index is 2.06. The maximum absolute atomic E-state index is 10.8. The van der Waals surface area contributed by atoms with Crippen molar-refractivity contribution in [3.8, 4) is 0 Å². The van der Waals surface area contributed by atoms with Gasteiger partial charge in [-0.1, -0.05) is 0 Å². The molecule has 5 atom stereocenters. The number of rotatable bonds is 4. The summed E-state index contributed by atoms with van der Waals surface area (Å²) in [7, 11) is 1.55. The van der Waals surface area contributed by atoms with Crippen molar-refractivity contribution in [1.82, 2.24) is 15.5 Å². The molecule has 3 aliphatic rings. The summed E-state index contributed by atoms with van der Waals surface area (Å²) < 4.78 is 10.7. The smallest absolute Gasteiger partial charge is 0.231 e. The SMILES string of the molecule is CCO[C@H]1CN2C(N)=N[C@@H](COC)C3NC(N)NC32C1(O)O. The number of aliphatic hydroxyl groups is 2. The minimum atomic E-state index is -2.19. The van der Waals surface area contributed by atoms with Crippen molar-refractivity contribution < 1.29 is 19.7 Å². The fourth-order valence-corrected chi connectivity index (χ4v) is 3.80. The van der Waals surface area contributed by atoms with E-state index in [1.807, 2.05) is 0 Å². The Morgan fingerprint density at radius 2 is 2.23 bits per heavy atom. The Bertz CT molecular complexity index is 475. The molecule has 22 heavy (non-hydrogen) atoms. The molecule has 3 aliphatic heterocycles. The average Bonchev–Trinajstić information content (AvgIpc) is 2.90. The van der Waals surface area contributed by atoms with Gasteiger partial charge in [0.15, 0.2) is 11.6 Å². The van der Waals surface area contributed by atoms with E-state index in [9.17, 15) is 10.2 Å². The lowest BCUT2D eigenvalue weighted by molar-refractivity contribution is -0.267. The Morgan fingerprint density at radius 1 is 1.50 bits per heavy atom. The van der Waals surface area contributed by atoms with E-state index >= 15 is 0 Å². The first-order valence-electron chi connectivity index (χ1n) is 7.34. The average molecular weight is 316 g/mol. The highest BCUT2D eigenvalue weighted by Crippen LogP contribution is 2.44. The lowest BCUT2D eigenvalue weighted by Gasteiger charge is -2.49. The normalized spacial score (nSPS) is 43.0. The molecule has 126 valence electrons. The van der Waals surface area contributed by atoms with Crippen LogP contribution in [0.25, 0.3) is 0 Å². The number of guanidine groups is 1. The third-order valence-corrected chi connectivity index (χ3v) is 4.63.